The second-order valence-corrected chi connectivity index (χ2v) is 6.11. The normalized spacial score (nSPS) is 12.6. The number of hydrogen-bond donors (Lipinski definition) is 1. The summed E-state index contributed by atoms with van der Waals surface area (Å²) in [7, 11) is 0. The fourth-order valence-corrected chi connectivity index (χ4v) is 3.01. The molecule has 0 aliphatic heterocycles. The number of nitrogens with one attached hydrogen (secondary N) is 1. The van der Waals surface area contributed by atoms with Gasteiger partial charge in [-0.1, -0.05) is 29.3 Å². The first-order valence-corrected chi connectivity index (χ1v) is 7.68. The molecule has 3 rings (SSSR count). The van der Waals surface area contributed by atoms with Crippen molar-refractivity contribution in [3.63, 3.8) is 0 Å². The van der Waals surface area contributed by atoms with Crippen LogP contribution >= 0.6 is 34.5 Å². The molecule has 1 atom stereocenters. The zero-order valence-electron chi connectivity index (χ0n) is 10.6. The first kappa shape index (κ1) is 13.6. The zero-order valence-corrected chi connectivity index (χ0v) is 12.9. The highest BCUT2D eigenvalue weighted by Crippen LogP contribution is 2.29. The highest BCUT2D eigenvalue weighted by molar-refractivity contribution is 7.16. The predicted octanol–water partition coefficient (Wildman–Crippen LogP) is 5.17. The second-order valence-electron chi connectivity index (χ2n) is 4.40. The largest absolute Gasteiger partial charge is 0.363 e. The molecule has 2 heterocycles. The minimum atomic E-state index is 0.0720. The van der Waals surface area contributed by atoms with Crippen molar-refractivity contribution in [3.05, 3.63) is 51.6 Å². The van der Waals surface area contributed by atoms with Crippen LogP contribution in [0.1, 0.15) is 18.5 Å². The van der Waals surface area contributed by atoms with Gasteiger partial charge in [-0.3, -0.25) is 0 Å². The van der Waals surface area contributed by atoms with Gasteiger partial charge in [0.2, 0.25) is 0 Å². The van der Waals surface area contributed by atoms with Crippen molar-refractivity contribution in [2.75, 3.05) is 5.32 Å². The molecular weight excluding hydrogens is 313 g/mol. The van der Waals surface area contributed by atoms with Gasteiger partial charge in [-0.05, 0) is 36.1 Å². The van der Waals surface area contributed by atoms with Crippen molar-refractivity contribution in [2.45, 2.75) is 13.0 Å². The molecule has 6 heteroatoms. The van der Waals surface area contributed by atoms with Gasteiger partial charge in [-0.25, -0.2) is 9.97 Å². The lowest BCUT2D eigenvalue weighted by Crippen LogP contribution is -2.08. The maximum Gasteiger partial charge on any atom is 0.138 e. The Morgan fingerprint density at radius 3 is 2.80 bits per heavy atom. The van der Waals surface area contributed by atoms with Gasteiger partial charge in [0.25, 0.3) is 0 Å². The Labute approximate surface area is 130 Å². The quantitative estimate of drug-likeness (QED) is 0.722. The highest BCUT2D eigenvalue weighted by Gasteiger charge is 2.11. The Balaban J connectivity index is 1.90. The number of rotatable bonds is 3. The van der Waals surface area contributed by atoms with E-state index in [2.05, 4.69) is 22.2 Å². The number of aromatic nitrogens is 2. The lowest BCUT2D eigenvalue weighted by atomic mass is 10.1. The van der Waals surface area contributed by atoms with E-state index in [9.17, 15) is 0 Å². The van der Waals surface area contributed by atoms with Crippen molar-refractivity contribution in [3.8, 4) is 0 Å². The van der Waals surface area contributed by atoms with Gasteiger partial charge in [-0.15, -0.1) is 11.3 Å². The van der Waals surface area contributed by atoms with E-state index < -0.39 is 0 Å². The number of anilines is 1. The van der Waals surface area contributed by atoms with Crippen molar-refractivity contribution in [1.29, 1.82) is 0 Å². The van der Waals surface area contributed by atoms with Gasteiger partial charge in [0.05, 0.1) is 21.5 Å². The van der Waals surface area contributed by atoms with Crippen molar-refractivity contribution in [2.24, 2.45) is 0 Å². The summed E-state index contributed by atoms with van der Waals surface area (Å²) in [6.45, 7) is 2.06. The molecule has 0 bridgehead atoms. The van der Waals surface area contributed by atoms with E-state index in [-0.39, 0.29) is 6.04 Å². The average Bonchev–Trinajstić information content (AvgIpc) is 2.91. The van der Waals surface area contributed by atoms with E-state index in [0.29, 0.717) is 10.0 Å². The van der Waals surface area contributed by atoms with Crippen LogP contribution in [-0.4, -0.2) is 9.97 Å². The van der Waals surface area contributed by atoms with Crippen LogP contribution < -0.4 is 5.32 Å². The molecule has 0 aliphatic carbocycles. The molecule has 0 spiro atoms. The van der Waals surface area contributed by atoms with Gasteiger partial charge < -0.3 is 5.32 Å². The average molecular weight is 324 g/mol. The molecule has 20 heavy (non-hydrogen) atoms. The fraction of sp³-hybridized carbons (Fsp3) is 0.143. The van der Waals surface area contributed by atoms with E-state index in [1.807, 2.05) is 23.6 Å². The Kier molecular flexibility index (Phi) is 3.78. The molecular formula is C14H11Cl2N3S. The van der Waals surface area contributed by atoms with Gasteiger partial charge in [0.15, 0.2) is 0 Å². The monoisotopic (exact) mass is 323 g/mol. The molecule has 0 saturated heterocycles. The molecule has 0 fully saturated rings. The van der Waals surface area contributed by atoms with E-state index in [1.54, 1.807) is 23.7 Å². The summed E-state index contributed by atoms with van der Waals surface area (Å²) in [6, 6.07) is 7.72. The Morgan fingerprint density at radius 1 is 1.15 bits per heavy atom. The minimum absolute atomic E-state index is 0.0720. The molecule has 3 nitrogen and oxygen atoms in total. The number of thiophene rings is 1. The molecule has 0 aliphatic rings. The zero-order chi connectivity index (χ0) is 14.1. The third-order valence-corrected chi connectivity index (χ3v) is 4.62. The molecule has 2 aromatic heterocycles. The van der Waals surface area contributed by atoms with Crippen LogP contribution in [0.5, 0.6) is 0 Å². The standard InChI is InChI=1S/C14H11Cl2N3S/c1-8(9-2-3-11(15)12(16)6-9)19-13-10-4-5-20-14(10)18-7-17-13/h2-8H,1H3,(H,17,18,19). The molecule has 1 unspecified atom stereocenters. The molecule has 1 N–H and O–H groups in total. The summed E-state index contributed by atoms with van der Waals surface area (Å²) >= 11 is 13.6. The molecule has 3 aromatic rings. The molecule has 1 aromatic carbocycles. The van der Waals surface area contributed by atoms with Gasteiger partial charge in [-0.2, -0.15) is 0 Å². The highest BCUT2D eigenvalue weighted by atomic mass is 35.5. The topological polar surface area (TPSA) is 37.8 Å². The molecule has 0 radical (unpaired) electrons. The first-order chi connectivity index (χ1) is 9.65. The Hall–Kier alpha value is -1.36. The van der Waals surface area contributed by atoms with Crippen LogP contribution in [0.4, 0.5) is 5.82 Å². The summed E-state index contributed by atoms with van der Waals surface area (Å²) in [6.07, 6.45) is 1.57. The number of fused-ring (bicyclic) bond motifs is 1. The summed E-state index contributed by atoms with van der Waals surface area (Å²) in [5, 5.41) is 7.54. The molecule has 0 amide bonds. The van der Waals surface area contributed by atoms with E-state index >= 15 is 0 Å². The van der Waals surface area contributed by atoms with Crippen LogP contribution in [-0.2, 0) is 0 Å². The fourth-order valence-electron chi connectivity index (χ4n) is 1.98. The summed E-state index contributed by atoms with van der Waals surface area (Å²) in [5.41, 5.74) is 1.06. The minimum Gasteiger partial charge on any atom is -0.363 e. The molecule has 0 saturated carbocycles. The van der Waals surface area contributed by atoms with Crippen LogP contribution in [0.2, 0.25) is 10.0 Å². The Bertz CT molecular complexity index is 757. The smallest absolute Gasteiger partial charge is 0.138 e. The number of halogens is 2. The molecule has 102 valence electrons. The third kappa shape index (κ3) is 2.59. The predicted molar refractivity (Wildman–Crippen MR) is 85.9 cm³/mol. The maximum atomic E-state index is 6.05. The summed E-state index contributed by atoms with van der Waals surface area (Å²) in [4.78, 5) is 9.52. The Morgan fingerprint density at radius 2 is 2.00 bits per heavy atom. The van der Waals surface area contributed by atoms with Gasteiger partial charge >= 0.3 is 0 Å². The second kappa shape index (κ2) is 5.56. The maximum absolute atomic E-state index is 6.05. The lowest BCUT2D eigenvalue weighted by molar-refractivity contribution is 0.876. The van der Waals surface area contributed by atoms with Crippen LogP contribution in [0, 0.1) is 0 Å². The number of nitrogens with zero attached hydrogens (tertiary/aromatic N) is 2. The van der Waals surface area contributed by atoms with Crippen LogP contribution in [0.15, 0.2) is 36.0 Å². The summed E-state index contributed by atoms with van der Waals surface area (Å²) in [5.74, 6) is 0.829. The SMILES string of the molecule is CC(Nc1ncnc2sccc12)c1ccc(Cl)c(Cl)c1. The number of benzene rings is 1. The van der Waals surface area contributed by atoms with Crippen molar-refractivity contribution >= 4 is 50.6 Å². The van der Waals surface area contributed by atoms with E-state index in [4.69, 9.17) is 23.2 Å². The van der Waals surface area contributed by atoms with Crippen LogP contribution in [0.25, 0.3) is 10.2 Å². The van der Waals surface area contributed by atoms with Gasteiger partial charge in [0.1, 0.15) is 17.0 Å². The van der Waals surface area contributed by atoms with Gasteiger partial charge in [0, 0.05) is 0 Å². The van der Waals surface area contributed by atoms with Crippen LogP contribution in [0.3, 0.4) is 0 Å². The van der Waals surface area contributed by atoms with E-state index in [0.717, 1.165) is 21.6 Å². The first-order valence-electron chi connectivity index (χ1n) is 6.05. The summed E-state index contributed by atoms with van der Waals surface area (Å²) < 4.78 is 0. The lowest BCUT2D eigenvalue weighted by Gasteiger charge is -2.16. The van der Waals surface area contributed by atoms with E-state index in [1.165, 1.54) is 0 Å². The third-order valence-electron chi connectivity index (χ3n) is 3.06. The number of hydrogen-bond acceptors (Lipinski definition) is 4. The van der Waals surface area contributed by atoms with Crippen molar-refractivity contribution in [1.82, 2.24) is 9.97 Å². The van der Waals surface area contributed by atoms with Crippen molar-refractivity contribution < 1.29 is 0 Å².